The fourth-order valence-corrected chi connectivity index (χ4v) is 2.81. The van der Waals surface area contributed by atoms with E-state index in [-0.39, 0.29) is 42.1 Å². The standard InChI is InChI=1S/C19H20ClNO6/c1-4-26-14(22)10-13-15(19(25)27-5-2)18(24)16(21(13)3)17(23)11-6-8-12(20)9-7-11/h6-9,24H,4-5,10H2,1-3H3. The Balaban J connectivity index is 2.57. The smallest absolute Gasteiger partial charge is 0.343 e. The van der Waals surface area contributed by atoms with Crippen molar-refractivity contribution in [2.24, 2.45) is 7.05 Å². The molecule has 0 amide bonds. The lowest BCUT2D eigenvalue weighted by Gasteiger charge is -2.08. The van der Waals surface area contributed by atoms with E-state index in [2.05, 4.69) is 0 Å². The molecule has 2 aromatic rings. The summed E-state index contributed by atoms with van der Waals surface area (Å²) in [7, 11) is 1.49. The number of esters is 2. The Hall–Kier alpha value is -2.80. The summed E-state index contributed by atoms with van der Waals surface area (Å²) in [5, 5.41) is 11.1. The number of hydrogen-bond donors (Lipinski definition) is 1. The molecule has 1 aromatic carbocycles. The Bertz CT molecular complexity index is 869. The van der Waals surface area contributed by atoms with Gasteiger partial charge in [0.1, 0.15) is 11.3 Å². The van der Waals surface area contributed by atoms with Crippen LogP contribution in [0, 0.1) is 0 Å². The van der Waals surface area contributed by atoms with Crippen LogP contribution in [0.3, 0.4) is 0 Å². The number of nitrogens with zero attached hydrogens (tertiary/aromatic N) is 1. The van der Waals surface area contributed by atoms with Gasteiger partial charge >= 0.3 is 11.9 Å². The molecule has 1 heterocycles. The number of halogens is 1. The molecule has 8 heteroatoms. The van der Waals surface area contributed by atoms with E-state index in [0.29, 0.717) is 5.02 Å². The lowest BCUT2D eigenvalue weighted by molar-refractivity contribution is -0.142. The van der Waals surface area contributed by atoms with E-state index >= 15 is 0 Å². The van der Waals surface area contributed by atoms with Gasteiger partial charge in [0, 0.05) is 23.3 Å². The van der Waals surface area contributed by atoms with E-state index < -0.39 is 23.5 Å². The molecule has 0 spiro atoms. The number of benzene rings is 1. The summed E-state index contributed by atoms with van der Waals surface area (Å²) in [5.74, 6) is -2.46. The van der Waals surface area contributed by atoms with Gasteiger partial charge in [0.05, 0.1) is 19.6 Å². The van der Waals surface area contributed by atoms with E-state index in [4.69, 9.17) is 21.1 Å². The molecule has 0 atom stereocenters. The average molecular weight is 394 g/mol. The molecule has 0 aliphatic rings. The Morgan fingerprint density at radius 3 is 2.22 bits per heavy atom. The molecule has 0 radical (unpaired) electrons. The van der Waals surface area contributed by atoms with Crippen LogP contribution in [-0.4, -0.2) is 40.6 Å². The molecule has 1 aromatic heterocycles. The first-order chi connectivity index (χ1) is 12.8. The normalized spacial score (nSPS) is 10.5. The Morgan fingerprint density at radius 1 is 1.07 bits per heavy atom. The highest BCUT2D eigenvalue weighted by Gasteiger charge is 2.31. The van der Waals surface area contributed by atoms with Crippen LogP contribution in [0.1, 0.15) is 46.0 Å². The molecule has 2 rings (SSSR count). The molecule has 144 valence electrons. The van der Waals surface area contributed by atoms with Gasteiger partial charge in [-0.15, -0.1) is 0 Å². The maximum absolute atomic E-state index is 12.9. The zero-order valence-corrected chi connectivity index (χ0v) is 16.0. The third kappa shape index (κ3) is 4.31. The minimum Gasteiger partial charge on any atom is -0.505 e. The van der Waals surface area contributed by atoms with Crippen LogP contribution in [0.25, 0.3) is 0 Å². The quantitative estimate of drug-likeness (QED) is 0.574. The molecule has 27 heavy (non-hydrogen) atoms. The first-order valence-corrected chi connectivity index (χ1v) is 8.73. The van der Waals surface area contributed by atoms with Crippen LogP contribution < -0.4 is 0 Å². The summed E-state index contributed by atoms with van der Waals surface area (Å²) >= 11 is 5.84. The lowest BCUT2D eigenvalue weighted by Crippen LogP contribution is -2.16. The van der Waals surface area contributed by atoms with Crippen LogP contribution in [0.2, 0.25) is 5.02 Å². The number of rotatable bonds is 7. The number of carbonyl (C=O) groups excluding carboxylic acids is 3. The molecule has 0 aliphatic carbocycles. The van der Waals surface area contributed by atoms with Crippen molar-refractivity contribution in [3.05, 3.63) is 51.8 Å². The van der Waals surface area contributed by atoms with Crippen molar-refractivity contribution in [1.29, 1.82) is 0 Å². The van der Waals surface area contributed by atoms with Crippen molar-refractivity contribution in [3.63, 3.8) is 0 Å². The number of aromatic nitrogens is 1. The van der Waals surface area contributed by atoms with Crippen molar-refractivity contribution >= 4 is 29.3 Å². The van der Waals surface area contributed by atoms with Gasteiger partial charge in [-0.2, -0.15) is 0 Å². The minimum absolute atomic E-state index is 0.0759. The summed E-state index contributed by atoms with van der Waals surface area (Å²) in [6, 6.07) is 6.10. The van der Waals surface area contributed by atoms with E-state index in [1.807, 2.05) is 0 Å². The number of aromatic hydroxyl groups is 1. The molecule has 1 N–H and O–H groups in total. The Labute approximate surface area is 161 Å². The summed E-state index contributed by atoms with van der Waals surface area (Å²) in [6.07, 6.45) is -0.292. The summed E-state index contributed by atoms with van der Waals surface area (Å²) in [4.78, 5) is 37.1. The van der Waals surface area contributed by atoms with Crippen LogP contribution in [0.5, 0.6) is 5.75 Å². The van der Waals surface area contributed by atoms with Crippen LogP contribution in [-0.2, 0) is 27.7 Å². The predicted octanol–water partition coefficient (Wildman–Crippen LogP) is 2.90. The second-order valence-electron chi connectivity index (χ2n) is 5.62. The lowest BCUT2D eigenvalue weighted by atomic mass is 10.1. The fraction of sp³-hybridized carbons (Fsp3) is 0.316. The van der Waals surface area contributed by atoms with Gasteiger partial charge in [-0.1, -0.05) is 11.6 Å². The van der Waals surface area contributed by atoms with E-state index in [0.717, 1.165) is 0 Å². The summed E-state index contributed by atoms with van der Waals surface area (Å²) in [5.41, 5.74) is 0.0690. The van der Waals surface area contributed by atoms with Crippen molar-refractivity contribution in [3.8, 4) is 5.75 Å². The molecule has 0 aliphatic heterocycles. The van der Waals surface area contributed by atoms with Crippen molar-refractivity contribution < 1.29 is 29.0 Å². The maximum Gasteiger partial charge on any atom is 0.343 e. The zero-order valence-electron chi connectivity index (χ0n) is 15.2. The second-order valence-corrected chi connectivity index (χ2v) is 6.05. The number of hydrogen-bond acceptors (Lipinski definition) is 6. The Kier molecular flexibility index (Phi) is 6.63. The van der Waals surface area contributed by atoms with Gasteiger partial charge in [0.2, 0.25) is 5.78 Å². The molecular formula is C19H20ClNO6. The first-order valence-electron chi connectivity index (χ1n) is 8.35. The highest BCUT2D eigenvalue weighted by Crippen LogP contribution is 2.32. The van der Waals surface area contributed by atoms with Gasteiger partial charge in [0.25, 0.3) is 0 Å². The van der Waals surface area contributed by atoms with E-state index in [9.17, 15) is 19.5 Å². The minimum atomic E-state index is -0.819. The first kappa shape index (κ1) is 20.5. The molecule has 7 nitrogen and oxygen atoms in total. The third-order valence-corrected chi connectivity index (χ3v) is 4.16. The van der Waals surface area contributed by atoms with Crippen LogP contribution in [0.4, 0.5) is 0 Å². The highest BCUT2D eigenvalue weighted by atomic mass is 35.5. The number of ether oxygens (including phenoxy) is 2. The SMILES string of the molecule is CCOC(=O)Cc1c(C(=O)OCC)c(O)c(C(=O)c2ccc(Cl)cc2)n1C. The molecule has 0 unspecified atom stereocenters. The van der Waals surface area contributed by atoms with Gasteiger partial charge in [-0.05, 0) is 38.1 Å². The largest absolute Gasteiger partial charge is 0.505 e. The third-order valence-electron chi connectivity index (χ3n) is 3.91. The van der Waals surface area contributed by atoms with Gasteiger partial charge < -0.3 is 19.1 Å². The Morgan fingerprint density at radius 2 is 1.67 bits per heavy atom. The summed E-state index contributed by atoms with van der Waals surface area (Å²) in [6.45, 7) is 3.51. The highest BCUT2D eigenvalue weighted by molar-refractivity contribution is 6.30. The maximum atomic E-state index is 12.9. The monoisotopic (exact) mass is 393 g/mol. The molecule has 0 saturated carbocycles. The molecule has 0 fully saturated rings. The topological polar surface area (TPSA) is 94.8 Å². The molecule has 0 bridgehead atoms. The van der Waals surface area contributed by atoms with Crippen molar-refractivity contribution in [2.75, 3.05) is 13.2 Å². The van der Waals surface area contributed by atoms with E-state index in [1.54, 1.807) is 26.0 Å². The fourth-order valence-electron chi connectivity index (χ4n) is 2.69. The number of carbonyl (C=O) groups is 3. The number of ketones is 1. The van der Waals surface area contributed by atoms with Crippen molar-refractivity contribution in [1.82, 2.24) is 4.57 Å². The van der Waals surface area contributed by atoms with Gasteiger partial charge in [0.15, 0.2) is 5.75 Å². The van der Waals surface area contributed by atoms with Gasteiger partial charge in [-0.25, -0.2) is 4.79 Å². The molecular weight excluding hydrogens is 374 g/mol. The van der Waals surface area contributed by atoms with E-state index in [1.165, 1.54) is 23.7 Å². The van der Waals surface area contributed by atoms with Gasteiger partial charge in [-0.3, -0.25) is 9.59 Å². The van der Waals surface area contributed by atoms with Crippen LogP contribution >= 0.6 is 11.6 Å². The second kappa shape index (κ2) is 8.73. The molecule has 0 saturated heterocycles. The van der Waals surface area contributed by atoms with Crippen LogP contribution in [0.15, 0.2) is 24.3 Å². The predicted molar refractivity (Wildman–Crippen MR) is 98.3 cm³/mol. The zero-order chi connectivity index (χ0) is 20.1. The average Bonchev–Trinajstić information content (AvgIpc) is 2.85. The van der Waals surface area contributed by atoms with Crippen molar-refractivity contribution in [2.45, 2.75) is 20.3 Å². The summed E-state index contributed by atoms with van der Waals surface area (Å²) < 4.78 is 11.2.